The Labute approximate surface area is 613 Å². The quantitative estimate of drug-likeness (QED) is 0.0146. The highest BCUT2D eigenvalue weighted by atomic mass is 31.2. The number of aliphatic hydroxyl groups excluding tert-OH is 2. The summed E-state index contributed by atoms with van der Waals surface area (Å²) in [5.41, 5.74) is 0. The molecule has 5 atom stereocenters. The van der Waals surface area contributed by atoms with Crippen LogP contribution in [-0.4, -0.2) is 95.9 Å². The summed E-state index contributed by atoms with van der Waals surface area (Å²) >= 11 is 0. The summed E-state index contributed by atoms with van der Waals surface area (Å²) in [6.45, 7) is 2.30. The van der Waals surface area contributed by atoms with Crippen molar-refractivity contribution in [3.63, 3.8) is 0 Å². The topological polar surface area (TPSA) is 231 Å². The molecule has 0 fully saturated rings. The van der Waals surface area contributed by atoms with Crippen molar-refractivity contribution in [1.29, 1.82) is 0 Å². The van der Waals surface area contributed by atoms with Gasteiger partial charge in [0.15, 0.2) is 6.10 Å². The molecule has 0 spiro atoms. The Hall–Kier alpha value is -4.57. The van der Waals surface area contributed by atoms with E-state index >= 15 is 0 Å². The van der Waals surface area contributed by atoms with Gasteiger partial charge in [-0.05, 0) is 128 Å². The van der Waals surface area contributed by atoms with Gasteiger partial charge < -0.3 is 34.2 Å². The number of aliphatic hydroxyl groups is 2. The lowest BCUT2D eigenvalue weighted by molar-refractivity contribution is -0.161. The van der Waals surface area contributed by atoms with Crippen molar-refractivity contribution in [2.45, 2.75) is 322 Å². The fourth-order valence-corrected chi connectivity index (χ4v) is 11.7. The van der Waals surface area contributed by atoms with Crippen LogP contribution in [0.25, 0.3) is 0 Å². The summed E-state index contributed by atoms with van der Waals surface area (Å²) in [4.78, 5) is 58.5. The van der Waals surface area contributed by atoms with Crippen LogP contribution in [0.4, 0.5) is 0 Å². The van der Waals surface area contributed by atoms with E-state index in [4.69, 9.17) is 32.3 Å². The number of carbonyl (C=O) groups is 3. The van der Waals surface area contributed by atoms with Crippen LogP contribution in [0.1, 0.15) is 303 Å². The molecule has 0 radical (unpaired) electrons. The summed E-state index contributed by atoms with van der Waals surface area (Å²) < 4.78 is 60.9. The largest absolute Gasteiger partial charge is 0.472 e. The van der Waals surface area contributed by atoms with Gasteiger partial charge in [-0.25, -0.2) is 9.13 Å². The molecule has 0 aliphatic heterocycles. The lowest BCUT2D eigenvalue weighted by Crippen LogP contribution is -2.30. The molecule has 0 aromatic heterocycles. The predicted octanol–water partition coefficient (Wildman–Crippen LogP) is 22.9. The molecule has 16 nitrogen and oxygen atoms in total. The maximum Gasteiger partial charge on any atom is 0.472 e. The monoisotopic (exact) mass is 1450 g/mol. The molecule has 0 aromatic carbocycles. The first-order valence-electron chi connectivity index (χ1n) is 39.1. The molecular weight excluding hydrogens is 1310 g/mol. The zero-order chi connectivity index (χ0) is 73.7. The standard InChI is InChI=1S/C83H140O16P2/c1-4-7-10-13-16-19-22-25-27-29-30-31-32-33-34-35-36-37-38-39-40-41-42-43-44-45-46-48-50-52-54-57-60-63-66-69-81(86)93-72-78(84)73-95-100(89,90)96-74-79(85)75-97-101(91,92)98-77-80(99-83(88)71-68-65-62-59-56-51-24-21-18-15-12-9-6-3)76-94-82(87)70-67-64-61-58-55-53-49-47-28-26-23-20-17-14-11-8-5-2/h7-8,10-12,15-17,19-21,24-28,30-31,33-34,49,53,58,61,78-80,84-85H,4-6,9,13-14,18,22-23,29,32,35-48,50-52,54-57,59-60,62-77H2,1-3H3,(H,89,90)(H,91,92)/b10-7-,11-8-,15-12-,19-16-,20-17-,24-21-,27-25-,28-26-,31-30-,34-33-,53-49-,61-58-. The van der Waals surface area contributed by atoms with E-state index in [0.717, 1.165) is 135 Å². The van der Waals surface area contributed by atoms with Crippen LogP contribution >= 0.6 is 15.6 Å². The summed E-state index contributed by atoms with van der Waals surface area (Å²) in [5, 5.41) is 20.6. The van der Waals surface area contributed by atoms with Gasteiger partial charge in [-0.1, -0.05) is 301 Å². The molecule has 0 heterocycles. The number of unbranched alkanes of at least 4 members (excludes halogenated alkanes) is 26. The molecule has 0 aliphatic carbocycles. The van der Waals surface area contributed by atoms with E-state index in [9.17, 15) is 43.5 Å². The van der Waals surface area contributed by atoms with Crippen molar-refractivity contribution in [3.8, 4) is 0 Å². The average Bonchev–Trinajstić information content (AvgIpc) is 0.940. The molecular formula is C83H140O16P2. The second-order valence-corrected chi connectivity index (χ2v) is 28.7. The molecule has 101 heavy (non-hydrogen) atoms. The zero-order valence-corrected chi connectivity index (χ0v) is 64.8. The zero-order valence-electron chi connectivity index (χ0n) is 63.0. The number of ether oxygens (including phenoxy) is 3. The van der Waals surface area contributed by atoms with Crippen molar-refractivity contribution < 1.29 is 75.8 Å². The van der Waals surface area contributed by atoms with E-state index in [0.29, 0.717) is 25.7 Å². The van der Waals surface area contributed by atoms with Crippen LogP contribution in [-0.2, 0) is 55.8 Å². The van der Waals surface area contributed by atoms with E-state index in [-0.39, 0.29) is 19.3 Å². The third-order valence-corrected chi connectivity index (χ3v) is 17.9. The van der Waals surface area contributed by atoms with Gasteiger partial charge in [-0.2, -0.15) is 0 Å². The molecule has 0 rings (SSSR count). The normalized spacial score (nSPS) is 14.8. The third-order valence-electron chi connectivity index (χ3n) is 16.0. The van der Waals surface area contributed by atoms with Crippen molar-refractivity contribution in [2.24, 2.45) is 0 Å². The minimum absolute atomic E-state index is 0.0730. The minimum Gasteiger partial charge on any atom is -0.463 e. The average molecular weight is 1460 g/mol. The number of phosphoric acid groups is 2. The van der Waals surface area contributed by atoms with Crippen LogP contribution in [0.2, 0.25) is 0 Å². The van der Waals surface area contributed by atoms with Crippen molar-refractivity contribution in [3.05, 3.63) is 146 Å². The number of hydrogen-bond donors (Lipinski definition) is 4. The molecule has 0 saturated carbocycles. The van der Waals surface area contributed by atoms with Crippen molar-refractivity contribution in [2.75, 3.05) is 39.6 Å². The number of rotatable bonds is 73. The predicted molar refractivity (Wildman–Crippen MR) is 417 cm³/mol. The summed E-state index contributed by atoms with van der Waals surface area (Å²) in [6.07, 6.45) is 92.3. The third kappa shape index (κ3) is 76.4. The molecule has 578 valence electrons. The van der Waals surface area contributed by atoms with E-state index in [1.165, 1.54) is 103 Å². The number of carbonyl (C=O) groups excluding carboxylic acids is 3. The Morgan fingerprint density at radius 3 is 0.871 bits per heavy atom. The molecule has 0 bridgehead atoms. The maximum absolute atomic E-state index is 12.9. The van der Waals surface area contributed by atoms with Gasteiger partial charge in [0.25, 0.3) is 0 Å². The van der Waals surface area contributed by atoms with Gasteiger partial charge in [0.2, 0.25) is 0 Å². The van der Waals surface area contributed by atoms with Gasteiger partial charge in [-0.15, -0.1) is 0 Å². The second-order valence-electron chi connectivity index (χ2n) is 25.7. The number of hydrogen-bond acceptors (Lipinski definition) is 14. The SMILES string of the molecule is CC/C=C\C/C=C\C/C=C\C/C=C\C/C=C\CCCCCCCCCCCCCCCCCCCCCC(=O)OCC(O)COP(=O)(O)OCC(O)COP(=O)(O)OCC(COC(=O)CCC/C=C\C/C=C\C/C=C\C/C=C\C/C=C\CC)OC(=O)CCCCCCC/C=C\C/C=C\CCC. The smallest absolute Gasteiger partial charge is 0.463 e. The molecule has 0 aliphatic rings. The Kier molecular flexibility index (Phi) is 71.7. The first-order chi connectivity index (χ1) is 49.2. The van der Waals surface area contributed by atoms with Crippen molar-refractivity contribution in [1.82, 2.24) is 0 Å². The minimum atomic E-state index is -4.94. The first-order valence-corrected chi connectivity index (χ1v) is 42.1. The number of esters is 3. The highest BCUT2D eigenvalue weighted by Gasteiger charge is 2.29. The van der Waals surface area contributed by atoms with Crippen LogP contribution in [0.3, 0.4) is 0 Å². The van der Waals surface area contributed by atoms with Crippen molar-refractivity contribution >= 4 is 33.6 Å². The van der Waals surface area contributed by atoms with Gasteiger partial charge in [-0.3, -0.25) is 32.5 Å². The van der Waals surface area contributed by atoms with Crippen LogP contribution in [0.5, 0.6) is 0 Å². The van der Waals surface area contributed by atoms with Gasteiger partial charge >= 0.3 is 33.6 Å². The maximum atomic E-state index is 12.9. The van der Waals surface area contributed by atoms with Gasteiger partial charge in [0, 0.05) is 19.3 Å². The molecule has 5 unspecified atom stereocenters. The van der Waals surface area contributed by atoms with Crippen LogP contribution < -0.4 is 0 Å². The first kappa shape index (κ1) is 96.4. The van der Waals surface area contributed by atoms with E-state index in [1.54, 1.807) is 0 Å². The van der Waals surface area contributed by atoms with Crippen LogP contribution in [0, 0.1) is 0 Å². The molecule has 0 saturated heterocycles. The highest BCUT2D eigenvalue weighted by molar-refractivity contribution is 7.47. The summed E-state index contributed by atoms with van der Waals surface area (Å²) in [6, 6.07) is 0. The number of allylic oxidation sites excluding steroid dienone is 24. The molecule has 4 N–H and O–H groups in total. The van der Waals surface area contributed by atoms with E-state index in [1.807, 2.05) is 12.2 Å². The fraction of sp³-hybridized carbons (Fsp3) is 0.675. The lowest BCUT2D eigenvalue weighted by atomic mass is 10.0. The second kappa shape index (κ2) is 75.1. The summed E-state index contributed by atoms with van der Waals surface area (Å²) in [5.74, 6) is -1.66. The molecule has 0 amide bonds. The lowest BCUT2D eigenvalue weighted by Gasteiger charge is -2.21. The van der Waals surface area contributed by atoms with E-state index in [2.05, 4.69) is 154 Å². The molecule has 0 aromatic rings. The fourth-order valence-electron chi connectivity index (χ4n) is 10.1. The summed E-state index contributed by atoms with van der Waals surface area (Å²) in [7, 11) is -9.81. The van der Waals surface area contributed by atoms with Gasteiger partial charge in [0.1, 0.15) is 25.4 Å². The molecule has 18 heteroatoms. The Morgan fingerprint density at radius 1 is 0.287 bits per heavy atom. The van der Waals surface area contributed by atoms with E-state index < -0.39 is 91.5 Å². The number of phosphoric ester groups is 2. The van der Waals surface area contributed by atoms with Gasteiger partial charge in [0.05, 0.1) is 26.4 Å². The Morgan fingerprint density at radius 2 is 0.535 bits per heavy atom. The Bertz CT molecular complexity index is 2420. The van der Waals surface area contributed by atoms with Crippen LogP contribution in [0.15, 0.2) is 146 Å². The highest BCUT2D eigenvalue weighted by Crippen LogP contribution is 2.45. The Balaban J connectivity index is 4.38.